The number of anilines is 1. The van der Waals surface area contributed by atoms with Gasteiger partial charge in [-0.1, -0.05) is 41.9 Å². The van der Waals surface area contributed by atoms with E-state index in [0.717, 1.165) is 0 Å². The van der Waals surface area contributed by atoms with Gasteiger partial charge < -0.3 is 23.6 Å². The number of hydrogen-bond donors (Lipinski definition) is 1. The summed E-state index contributed by atoms with van der Waals surface area (Å²) in [7, 11) is 1.62. The normalized spacial score (nSPS) is 17.0. The Morgan fingerprint density at radius 3 is 2.72 bits per heavy atom. The molecule has 0 saturated carbocycles. The molecule has 0 spiro atoms. The second kappa shape index (κ2) is 12.5. The lowest BCUT2D eigenvalue weighted by Crippen LogP contribution is -2.43. The SMILES string of the molecule is CN(C(=O)CCc1cccc(F)c1Cl)[C@H](COC(=O)Nc1noc(-c2ccccc2)n1)C[C@@H]1COC(C)(C)O1. The Hall–Kier alpha value is -3.54. The Morgan fingerprint density at radius 1 is 1.23 bits per heavy atom. The summed E-state index contributed by atoms with van der Waals surface area (Å²) >= 11 is 6.03. The first kappa shape index (κ1) is 28.5. The molecule has 1 fully saturated rings. The van der Waals surface area contributed by atoms with E-state index < -0.39 is 23.7 Å². The molecule has 4 rings (SSSR count). The van der Waals surface area contributed by atoms with Crippen LogP contribution in [0.1, 0.15) is 32.3 Å². The van der Waals surface area contributed by atoms with Gasteiger partial charge in [0.25, 0.3) is 11.8 Å². The van der Waals surface area contributed by atoms with E-state index in [-0.39, 0.29) is 48.3 Å². The first-order chi connectivity index (χ1) is 18.6. The van der Waals surface area contributed by atoms with Crippen LogP contribution >= 0.6 is 11.6 Å². The quantitative estimate of drug-likeness (QED) is 0.365. The highest BCUT2D eigenvalue weighted by Crippen LogP contribution is 2.27. The third kappa shape index (κ3) is 7.75. The molecule has 3 aromatic rings. The maximum Gasteiger partial charge on any atom is 0.414 e. The molecule has 1 saturated heterocycles. The molecule has 1 aliphatic rings. The number of nitrogens with one attached hydrogen (secondary N) is 1. The van der Waals surface area contributed by atoms with Gasteiger partial charge in [0.15, 0.2) is 5.79 Å². The number of halogens is 2. The van der Waals surface area contributed by atoms with E-state index in [1.807, 2.05) is 18.2 Å². The fourth-order valence-electron chi connectivity index (χ4n) is 4.16. The van der Waals surface area contributed by atoms with E-state index in [0.29, 0.717) is 24.2 Å². The Labute approximate surface area is 230 Å². The zero-order chi connectivity index (χ0) is 28.0. The third-order valence-electron chi connectivity index (χ3n) is 6.25. The summed E-state index contributed by atoms with van der Waals surface area (Å²) in [5.74, 6) is -1.33. The van der Waals surface area contributed by atoms with Gasteiger partial charge in [-0.25, -0.2) is 9.18 Å². The van der Waals surface area contributed by atoms with Crippen molar-refractivity contribution in [1.82, 2.24) is 15.0 Å². The summed E-state index contributed by atoms with van der Waals surface area (Å²) in [6.45, 7) is 3.82. The van der Waals surface area contributed by atoms with Gasteiger partial charge in [0.05, 0.1) is 23.8 Å². The molecule has 0 aliphatic carbocycles. The molecule has 2 amide bonds. The van der Waals surface area contributed by atoms with Gasteiger partial charge in [0.2, 0.25) is 5.91 Å². The Morgan fingerprint density at radius 2 is 2.00 bits per heavy atom. The van der Waals surface area contributed by atoms with Crippen LogP contribution in [0.5, 0.6) is 0 Å². The molecule has 1 aromatic heterocycles. The molecule has 12 heteroatoms. The smallest absolute Gasteiger partial charge is 0.414 e. The van der Waals surface area contributed by atoms with Crippen LogP contribution in [0.15, 0.2) is 53.1 Å². The van der Waals surface area contributed by atoms with Gasteiger partial charge in [0, 0.05) is 19.0 Å². The monoisotopic (exact) mass is 560 g/mol. The molecule has 2 atom stereocenters. The third-order valence-corrected chi connectivity index (χ3v) is 6.67. The lowest BCUT2D eigenvalue weighted by atomic mass is 10.1. The van der Waals surface area contributed by atoms with Crippen LogP contribution in [-0.2, 0) is 25.4 Å². The van der Waals surface area contributed by atoms with Crippen LogP contribution in [0.25, 0.3) is 11.5 Å². The zero-order valence-electron chi connectivity index (χ0n) is 21.9. The van der Waals surface area contributed by atoms with Crippen LogP contribution in [0.3, 0.4) is 0 Å². The lowest BCUT2D eigenvalue weighted by molar-refractivity contribution is -0.143. The van der Waals surface area contributed by atoms with Gasteiger partial charge in [-0.3, -0.25) is 10.1 Å². The van der Waals surface area contributed by atoms with Crippen LogP contribution in [0.2, 0.25) is 5.02 Å². The average Bonchev–Trinajstić information content (AvgIpc) is 3.52. The number of benzene rings is 2. The van der Waals surface area contributed by atoms with Crippen LogP contribution in [0, 0.1) is 5.82 Å². The molecular weight excluding hydrogens is 531 g/mol. The van der Waals surface area contributed by atoms with Crippen molar-refractivity contribution in [2.45, 2.75) is 51.0 Å². The van der Waals surface area contributed by atoms with Crippen molar-refractivity contribution in [1.29, 1.82) is 0 Å². The van der Waals surface area contributed by atoms with Crippen molar-refractivity contribution in [3.8, 4) is 11.5 Å². The van der Waals surface area contributed by atoms with Crippen molar-refractivity contribution in [2.24, 2.45) is 0 Å². The number of ether oxygens (including phenoxy) is 3. The molecular formula is C27H30ClFN4O6. The summed E-state index contributed by atoms with van der Waals surface area (Å²) in [5, 5.41) is 6.19. The van der Waals surface area contributed by atoms with Crippen molar-refractivity contribution < 1.29 is 32.7 Å². The minimum Gasteiger partial charge on any atom is -0.447 e. The van der Waals surface area contributed by atoms with Crippen molar-refractivity contribution >= 4 is 29.5 Å². The molecule has 10 nitrogen and oxygen atoms in total. The number of aryl methyl sites for hydroxylation is 1. The minimum absolute atomic E-state index is 0.000121. The molecule has 0 bridgehead atoms. The highest BCUT2D eigenvalue weighted by atomic mass is 35.5. The summed E-state index contributed by atoms with van der Waals surface area (Å²) < 4.78 is 35.9. The molecule has 39 heavy (non-hydrogen) atoms. The first-order valence-corrected chi connectivity index (χ1v) is 12.8. The van der Waals surface area contributed by atoms with Crippen LogP contribution in [0.4, 0.5) is 15.1 Å². The second-order valence-corrected chi connectivity index (χ2v) is 9.95. The number of nitrogens with zero attached hydrogens (tertiary/aromatic N) is 3. The molecule has 1 aliphatic heterocycles. The maximum atomic E-state index is 13.8. The average molecular weight is 561 g/mol. The van der Waals surface area contributed by atoms with E-state index in [9.17, 15) is 14.0 Å². The molecule has 0 radical (unpaired) electrons. The number of amides is 2. The lowest BCUT2D eigenvalue weighted by Gasteiger charge is -2.30. The van der Waals surface area contributed by atoms with Crippen molar-refractivity contribution in [3.05, 3.63) is 64.9 Å². The predicted octanol–water partition coefficient (Wildman–Crippen LogP) is 5.08. The Balaban J connectivity index is 1.36. The molecule has 208 valence electrons. The highest BCUT2D eigenvalue weighted by molar-refractivity contribution is 6.31. The number of rotatable bonds is 10. The van der Waals surface area contributed by atoms with Crippen molar-refractivity contribution in [2.75, 3.05) is 25.6 Å². The molecule has 2 heterocycles. The van der Waals surface area contributed by atoms with Gasteiger partial charge in [0.1, 0.15) is 12.4 Å². The topological polar surface area (TPSA) is 116 Å². The van der Waals surface area contributed by atoms with E-state index in [2.05, 4.69) is 15.5 Å². The van der Waals surface area contributed by atoms with Gasteiger partial charge in [-0.15, -0.1) is 0 Å². The molecule has 0 unspecified atom stereocenters. The van der Waals surface area contributed by atoms with E-state index in [1.54, 1.807) is 45.2 Å². The van der Waals surface area contributed by atoms with Crippen LogP contribution < -0.4 is 5.32 Å². The van der Waals surface area contributed by atoms with E-state index in [4.69, 9.17) is 30.3 Å². The summed E-state index contributed by atoms with van der Waals surface area (Å²) in [5.41, 5.74) is 1.24. The highest BCUT2D eigenvalue weighted by Gasteiger charge is 2.36. The first-order valence-electron chi connectivity index (χ1n) is 12.4. The predicted molar refractivity (Wildman–Crippen MR) is 141 cm³/mol. The van der Waals surface area contributed by atoms with E-state index in [1.165, 1.54) is 11.0 Å². The minimum atomic E-state index is -0.809. The zero-order valence-corrected chi connectivity index (χ0v) is 22.6. The van der Waals surface area contributed by atoms with Gasteiger partial charge in [-0.2, -0.15) is 4.98 Å². The standard InChI is InChI=1S/C27H30ClFN4O6/c1-27(2)37-16-20(38-27)14-19(33(3)22(34)13-12-17-10-7-11-21(29)23(17)28)15-36-26(35)31-25-30-24(39-32-25)18-8-5-4-6-9-18/h4-11,19-20H,12-16H2,1-3H3,(H,31,32,35)/t19-,20+/m0/s1. The number of carbonyl (C=O) groups is 2. The molecule has 1 N–H and O–H groups in total. The van der Waals surface area contributed by atoms with Gasteiger partial charge in [-0.05, 0) is 55.6 Å². The number of aromatic nitrogens is 2. The largest absolute Gasteiger partial charge is 0.447 e. The number of likely N-dealkylation sites (N-methyl/N-ethyl adjacent to an activating group) is 1. The summed E-state index contributed by atoms with van der Waals surface area (Å²) in [4.78, 5) is 31.2. The molecule has 2 aromatic carbocycles. The fraction of sp³-hybridized carbons (Fsp3) is 0.407. The summed E-state index contributed by atoms with van der Waals surface area (Å²) in [6, 6.07) is 13.1. The Kier molecular flexibility index (Phi) is 9.16. The maximum absolute atomic E-state index is 13.8. The Bertz CT molecular complexity index is 1290. The fourth-order valence-corrected chi connectivity index (χ4v) is 4.38. The second-order valence-electron chi connectivity index (χ2n) is 9.57. The van der Waals surface area contributed by atoms with E-state index >= 15 is 0 Å². The van der Waals surface area contributed by atoms with Crippen LogP contribution in [-0.4, -0.2) is 65.2 Å². The number of hydrogen-bond acceptors (Lipinski definition) is 8. The summed E-state index contributed by atoms with van der Waals surface area (Å²) in [6.07, 6.45) is -0.418. The van der Waals surface area contributed by atoms with Crippen molar-refractivity contribution in [3.63, 3.8) is 0 Å². The van der Waals surface area contributed by atoms with Gasteiger partial charge >= 0.3 is 6.09 Å². The number of carbonyl (C=O) groups excluding carboxylic acids is 2.